The van der Waals surface area contributed by atoms with Crippen molar-refractivity contribution in [2.75, 3.05) is 6.54 Å². The predicted octanol–water partition coefficient (Wildman–Crippen LogP) is 2.42. The molecule has 1 amide bonds. The van der Waals surface area contributed by atoms with Crippen LogP contribution in [0.25, 0.3) is 0 Å². The predicted molar refractivity (Wildman–Crippen MR) is 68.8 cm³/mol. The summed E-state index contributed by atoms with van der Waals surface area (Å²) in [5, 5.41) is 2.81. The summed E-state index contributed by atoms with van der Waals surface area (Å²) in [5.74, 6) is 0.713. The first-order valence-corrected chi connectivity index (χ1v) is 6.59. The highest BCUT2D eigenvalue weighted by Gasteiger charge is 2.19. The Morgan fingerprint density at radius 1 is 1.29 bits per heavy atom. The van der Waals surface area contributed by atoms with E-state index in [0.29, 0.717) is 18.5 Å². The lowest BCUT2D eigenvalue weighted by Gasteiger charge is -2.26. The first-order chi connectivity index (χ1) is 7.87. The fraction of sp³-hybridized carbons (Fsp3) is 0.923. The molecule has 1 aliphatic carbocycles. The van der Waals surface area contributed by atoms with Crippen molar-refractivity contribution < 1.29 is 9.53 Å². The number of ether oxygens (including phenoxy) is 1. The van der Waals surface area contributed by atoms with E-state index >= 15 is 0 Å². The van der Waals surface area contributed by atoms with Crippen molar-refractivity contribution in [3.05, 3.63) is 0 Å². The summed E-state index contributed by atoms with van der Waals surface area (Å²) in [5.41, 5.74) is 5.44. The Morgan fingerprint density at radius 2 is 1.88 bits per heavy atom. The SMILES string of the molecule is CC(C)(C)OC(=O)NCC[C@H]1CC[C@H](N)CC1. The Kier molecular flexibility index (Phi) is 5.25. The van der Waals surface area contributed by atoms with Gasteiger partial charge in [0.2, 0.25) is 0 Å². The van der Waals surface area contributed by atoms with E-state index < -0.39 is 5.60 Å². The number of carbonyl (C=O) groups is 1. The molecule has 17 heavy (non-hydrogen) atoms. The van der Waals surface area contributed by atoms with Gasteiger partial charge in [-0.05, 0) is 58.8 Å². The largest absolute Gasteiger partial charge is 0.444 e. The Bertz CT molecular complexity index is 240. The van der Waals surface area contributed by atoms with Crippen molar-refractivity contribution >= 4 is 6.09 Å². The molecule has 0 aromatic heterocycles. The van der Waals surface area contributed by atoms with Gasteiger partial charge in [-0.25, -0.2) is 4.79 Å². The van der Waals surface area contributed by atoms with E-state index in [1.807, 2.05) is 20.8 Å². The van der Waals surface area contributed by atoms with Gasteiger partial charge in [-0.1, -0.05) is 0 Å². The van der Waals surface area contributed by atoms with Gasteiger partial charge < -0.3 is 15.8 Å². The van der Waals surface area contributed by atoms with Crippen molar-refractivity contribution in [3.8, 4) is 0 Å². The topological polar surface area (TPSA) is 64.3 Å². The number of nitrogens with one attached hydrogen (secondary N) is 1. The normalized spacial score (nSPS) is 25.4. The molecule has 0 spiro atoms. The molecule has 1 saturated carbocycles. The van der Waals surface area contributed by atoms with Gasteiger partial charge in [-0.3, -0.25) is 0 Å². The summed E-state index contributed by atoms with van der Waals surface area (Å²) in [6, 6.07) is 0.394. The van der Waals surface area contributed by atoms with Crippen molar-refractivity contribution in [3.63, 3.8) is 0 Å². The number of carbonyl (C=O) groups excluding carboxylic acids is 1. The van der Waals surface area contributed by atoms with E-state index in [1.54, 1.807) is 0 Å². The van der Waals surface area contributed by atoms with Gasteiger partial charge in [0.15, 0.2) is 0 Å². The molecule has 0 saturated heterocycles. The van der Waals surface area contributed by atoms with Gasteiger partial charge in [0.25, 0.3) is 0 Å². The van der Waals surface area contributed by atoms with Crippen LogP contribution >= 0.6 is 0 Å². The Labute approximate surface area is 104 Å². The van der Waals surface area contributed by atoms with Gasteiger partial charge >= 0.3 is 6.09 Å². The fourth-order valence-corrected chi connectivity index (χ4v) is 2.17. The number of amides is 1. The molecule has 0 heterocycles. The third-order valence-corrected chi connectivity index (χ3v) is 3.11. The molecular weight excluding hydrogens is 216 g/mol. The minimum Gasteiger partial charge on any atom is -0.444 e. The molecule has 0 aromatic rings. The minimum absolute atomic E-state index is 0.315. The highest BCUT2D eigenvalue weighted by Crippen LogP contribution is 2.25. The van der Waals surface area contributed by atoms with Gasteiger partial charge in [-0.2, -0.15) is 0 Å². The van der Waals surface area contributed by atoms with Crippen LogP contribution in [0.5, 0.6) is 0 Å². The lowest BCUT2D eigenvalue weighted by Crippen LogP contribution is -2.34. The first-order valence-electron chi connectivity index (χ1n) is 6.59. The zero-order valence-corrected chi connectivity index (χ0v) is 11.3. The average molecular weight is 242 g/mol. The van der Waals surface area contributed by atoms with Crippen LogP contribution in [-0.4, -0.2) is 24.3 Å². The van der Waals surface area contributed by atoms with Crippen LogP contribution in [0, 0.1) is 5.92 Å². The van der Waals surface area contributed by atoms with Gasteiger partial charge in [0.1, 0.15) is 5.60 Å². The van der Waals surface area contributed by atoms with Crippen LogP contribution in [0.4, 0.5) is 4.79 Å². The quantitative estimate of drug-likeness (QED) is 0.799. The van der Waals surface area contributed by atoms with Gasteiger partial charge in [0, 0.05) is 12.6 Å². The Balaban J connectivity index is 2.09. The Morgan fingerprint density at radius 3 is 2.41 bits per heavy atom. The third kappa shape index (κ3) is 6.51. The zero-order chi connectivity index (χ0) is 12.9. The number of hydrogen-bond acceptors (Lipinski definition) is 3. The van der Waals surface area contributed by atoms with E-state index in [1.165, 1.54) is 12.8 Å². The maximum Gasteiger partial charge on any atom is 0.407 e. The lowest BCUT2D eigenvalue weighted by atomic mass is 9.84. The van der Waals surface area contributed by atoms with Crippen LogP contribution in [0.3, 0.4) is 0 Å². The molecule has 1 aliphatic rings. The third-order valence-electron chi connectivity index (χ3n) is 3.11. The molecule has 1 rings (SSSR count). The van der Waals surface area contributed by atoms with Crippen molar-refractivity contribution in [1.29, 1.82) is 0 Å². The summed E-state index contributed by atoms with van der Waals surface area (Å²) in [6.45, 7) is 6.31. The fourth-order valence-electron chi connectivity index (χ4n) is 2.17. The van der Waals surface area contributed by atoms with E-state index in [0.717, 1.165) is 19.3 Å². The molecule has 0 radical (unpaired) electrons. The molecule has 1 fully saturated rings. The molecule has 4 nitrogen and oxygen atoms in total. The average Bonchev–Trinajstić information content (AvgIpc) is 2.18. The second kappa shape index (κ2) is 6.24. The van der Waals surface area contributed by atoms with Gasteiger partial charge in [0.05, 0.1) is 0 Å². The molecular formula is C13H26N2O2. The standard InChI is InChI=1S/C13H26N2O2/c1-13(2,3)17-12(16)15-9-8-10-4-6-11(14)7-5-10/h10-11H,4-9,14H2,1-3H3,(H,15,16)/t10-,11-. The van der Waals surface area contributed by atoms with Crippen LogP contribution in [0.1, 0.15) is 52.9 Å². The van der Waals surface area contributed by atoms with E-state index in [2.05, 4.69) is 5.32 Å². The summed E-state index contributed by atoms with van der Waals surface area (Å²) in [6.07, 6.45) is 5.35. The van der Waals surface area contributed by atoms with Crippen LogP contribution in [-0.2, 0) is 4.74 Å². The Hall–Kier alpha value is -0.770. The molecule has 4 heteroatoms. The van der Waals surface area contributed by atoms with Crippen LogP contribution < -0.4 is 11.1 Å². The molecule has 0 atom stereocenters. The molecule has 0 bridgehead atoms. The van der Waals surface area contributed by atoms with Crippen LogP contribution in [0.2, 0.25) is 0 Å². The molecule has 3 N–H and O–H groups in total. The zero-order valence-electron chi connectivity index (χ0n) is 11.3. The van der Waals surface area contributed by atoms with E-state index in [-0.39, 0.29) is 6.09 Å². The van der Waals surface area contributed by atoms with E-state index in [4.69, 9.17) is 10.5 Å². The minimum atomic E-state index is -0.415. The van der Waals surface area contributed by atoms with Crippen molar-refractivity contribution in [2.45, 2.75) is 64.5 Å². The second-order valence-electron chi connectivity index (χ2n) is 6.00. The summed E-state index contributed by atoms with van der Waals surface area (Å²) < 4.78 is 5.17. The second-order valence-corrected chi connectivity index (χ2v) is 6.00. The number of nitrogens with two attached hydrogens (primary N) is 1. The molecule has 0 aliphatic heterocycles. The summed E-state index contributed by atoms with van der Waals surface area (Å²) in [7, 11) is 0. The summed E-state index contributed by atoms with van der Waals surface area (Å²) >= 11 is 0. The maximum atomic E-state index is 11.4. The van der Waals surface area contributed by atoms with Crippen molar-refractivity contribution in [1.82, 2.24) is 5.32 Å². The number of alkyl carbamates (subject to hydrolysis) is 1. The highest BCUT2D eigenvalue weighted by molar-refractivity contribution is 5.67. The smallest absolute Gasteiger partial charge is 0.407 e. The van der Waals surface area contributed by atoms with E-state index in [9.17, 15) is 4.79 Å². The molecule has 100 valence electrons. The first kappa shape index (κ1) is 14.3. The lowest BCUT2D eigenvalue weighted by molar-refractivity contribution is 0.0523. The van der Waals surface area contributed by atoms with Crippen molar-refractivity contribution in [2.24, 2.45) is 11.7 Å². The molecule has 0 aromatic carbocycles. The maximum absolute atomic E-state index is 11.4. The highest BCUT2D eigenvalue weighted by atomic mass is 16.6. The molecule has 0 unspecified atom stereocenters. The number of hydrogen-bond donors (Lipinski definition) is 2. The summed E-state index contributed by atoms with van der Waals surface area (Å²) in [4.78, 5) is 11.4. The van der Waals surface area contributed by atoms with Gasteiger partial charge in [-0.15, -0.1) is 0 Å². The number of rotatable bonds is 3. The monoisotopic (exact) mass is 242 g/mol. The van der Waals surface area contributed by atoms with Crippen LogP contribution in [0.15, 0.2) is 0 Å².